The molecule has 1 aromatic heterocycles. The van der Waals surface area contributed by atoms with Crippen molar-refractivity contribution in [2.75, 3.05) is 10.6 Å². The number of anilines is 3. The van der Waals surface area contributed by atoms with Gasteiger partial charge >= 0.3 is 0 Å². The van der Waals surface area contributed by atoms with Crippen molar-refractivity contribution < 1.29 is 0 Å². The molecule has 4 rings (SSSR count). The predicted molar refractivity (Wildman–Crippen MR) is 104 cm³/mol. The minimum Gasteiger partial charge on any atom is -0.351 e. The Labute approximate surface area is 150 Å². The van der Waals surface area contributed by atoms with Crippen molar-refractivity contribution in [3.05, 3.63) is 41.1 Å². The van der Waals surface area contributed by atoms with Crippen molar-refractivity contribution in [3.8, 4) is 0 Å². The van der Waals surface area contributed by atoms with Crippen LogP contribution in [-0.2, 0) is 0 Å². The molecule has 0 atom stereocenters. The Hall–Kier alpha value is -2.10. The number of rotatable bonds is 5. The highest BCUT2D eigenvalue weighted by Gasteiger charge is 2.26. The Bertz CT molecular complexity index is 725. The van der Waals surface area contributed by atoms with E-state index in [2.05, 4.69) is 48.7 Å². The molecule has 2 saturated carbocycles. The summed E-state index contributed by atoms with van der Waals surface area (Å²) in [5.41, 5.74) is 4.81. The lowest BCUT2D eigenvalue weighted by Crippen LogP contribution is -2.23. The van der Waals surface area contributed by atoms with Crippen molar-refractivity contribution in [1.29, 1.82) is 0 Å². The van der Waals surface area contributed by atoms with Gasteiger partial charge in [0.25, 0.3) is 0 Å². The Morgan fingerprint density at radius 1 is 0.840 bits per heavy atom. The zero-order valence-electron chi connectivity index (χ0n) is 15.3. The van der Waals surface area contributed by atoms with Crippen molar-refractivity contribution in [1.82, 2.24) is 9.97 Å². The van der Waals surface area contributed by atoms with Crippen LogP contribution in [0.4, 0.5) is 17.5 Å². The third-order valence-electron chi connectivity index (χ3n) is 5.17. The van der Waals surface area contributed by atoms with Crippen molar-refractivity contribution >= 4 is 17.5 Å². The average Bonchev–Trinajstić information content (AvgIpc) is 3.39. The van der Waals surface area contributed by atoms with Gasteiger partial charge in [-0.3, -0.25) is 0 Å². The van der Waals surface area contributed by atoms with E-state index in [4.69, 9.17) is 9.97 Å². The lowest BCUT2D eigenvalue weighted by Gasteiger charge is -2.23. The molecule has 2 N–H and O–H groups in total. The lowest BCUT2D eigenvalue weighted by molar-refractivity contribution is 0.460. The van der Waals surface area contributed by atoms with E-state index in [9.17, 15) is 0 Å². The van der Waals surface area contributed by atoms with Crippen LogP contribution in [0.2, 0.25) is 0 Å². The summed E-state index contributed by atoms with van der Waals surface area (Å²) in [6.07, 6.45) is 8.96. The Morgan fingerprint density at radius 3 is 2.24 bits per heavy atom. The van der Waals surface area contributed by atoms with E-state index in [1.165, 1.54) is 61.8 Å². The molecule has 0 aliphatic heterocycles. The first-order valence-electron chi connectivity index (χ1n) is 9.66. The Balaban J connectivity index is 1.57. The van der Waals surface area contributed by atoms with Gasteiger partial charge in [0.05, 0.1) is 5.69 Å². The number of benzene rings is 1. The van der Waals surface area contributed by atoms with E-state index in [1.807, 2.05) is 0 Å². The summed E-state index contributed by atoms with van der Waals surface area (Å²) >= 11 is 0. The van der Waals surface area contributed by atoms with Gasteiger partial charge in [-0.25, -0.2) is 4.98 Å². The summed E-state index contributed by atoms with van der Waals surface area (Å²) in [4.78, 5) is 9.56. The normalized spacial score (nSPS) is 18.2. The summed E-state index contributed by atoms with van der Waals surface area (Å²) in [6, 6.07) is 9.18. The van der Waals surface area contributed by atoms with Gasteiger partial charge < -0.3 is 10.6 Å². The second kappa shape index (κ2) is 7.03. The lowest BCUT2D eigenvalue weighted by atomic mass is 9.96. The quantitative estimate of drug-likeness (QED) is 0.761. The number of hydrogen-bond donors (Lipinski definition) is 2. The molecule has 0 unspecified atom stereocenters. The third kappa shape index (κ3) is 4.30. The smallest absolute Gasteiger partial charge is 0.225 e. The van der Waals surface area contributed by atoms with Crippen LogP contribution in [0.3, 0.4) is 0 Å². The molecule has 2 aromatic rings. The minimum atomic E-state index is 0.525. The summed E-state index contributed by atoms with van der Waals surface area (Å²) < 4.78 is 0. The van der Waals surface area contributed by atoms with E-state index >= 15 is 0 Å². The van der Waals surface area contributed by atoms with E-state index in [0.29, 0.717) is 12.0 Å². The van der Waals surface area contributed by atoms with Crippen LogP contribution in [0.1, 0.15) is 67.7 Å². The van der Waals surface area contributed by atoms with Gasteiger partial charge in [0.1, 0.15) is 5.82 Å². The standard InChI is InChI=1S/C21H28N4/c1-14-10-15(2)12-18(11-14)22-20-13-19(16-8-9-16)24-21(25-20)23-17-6-4-3-5-7-17/h10-13,16-17H,3-9H2,1-2H3,(H2,22,23,24,25). The molecule has 2 aliphatic rings. The van der Waals surface area contributed by atoms with Crippen molar-refractivity contribution in [3.63, 3.8) is 0 Å². The van der Waals surface area contributed by atoms with Crippen LogP contribution in [0.5, 0.6) is 0 Å². The fourth-order valence-electron chi connectivity index (χ4n) is 3.81. The molecule has 1 heterocycles. The highest BCUT2D eigenvalue weighted by molar-refractivity contribution is 5.60. The van der Waals surface area contributed by atoms with Gasteiger partial charge in [-0.15, -0.1) is 0 Å². The highest BCUT2D eigenvalue weighted by Crippen LogP contribution is 2.40. The molecule has 132 valence electrons. The van der Waals surface area contributed by atoms with Gasteiger partial charge in [0.15, 0.2) is 0 Å². The van der Waals surface area contributed by atoms with Crippen molar-refractivity contribution in [2.24, 2.45) is 0 Å². The topological polar surface area (TPSA) is 49.8 Å². The number of nitrogens with one attached hydrogen (secondary N) is 2. The molecular weight excluding hydrogens is 308 g/mol. The molecule has 4 nitrogen and oxygen atoms in total. The first-order valence-corrected chi connectivity index (χ1v) is 9.66. The molecule has 0 amide bonds. The number of aromatic nitrogens is 2. The van der Waals surface area contributed by atoms with E-state index in [-0.39, 0.29) is 0 Å². The molecule has 2 fully saturated rings. The van der Waals surface area contributed by atoms with Gasteiger partial charge in [0.2, 0.25) is 5.95 Å². The molecule has 0 bridgehead atoms. The molecule has 0 saturated heterocycles. The van der Waals surface area contributed by atoms with Gasteiger partial charge in [0, 0.05) is 23.7 Å². The van der Waals surface area contributed by atoms with Gasteiger partial charge in [-0.2, -0.15) is 4.98 Å². The molecule has 1 aromatic carbocycles. The summed E-state index contributed by atoms with van der Waals surface area (Å²) in [5, 5.41) is 7.09. The van der Waals surface area contributed by atoms with Crippen LogP contribution >= 0.6 is 0 Å². The van der Waals surface area contributed by atoms with Crippen LogP contribution in [-0.4, -0.2) is 16.0 Å². The first kappa shape index (κ1) is 16.4. The van der Waals surface area contributed by atoms with E-state index in [0.717, 1.165) is 17.5 Å². The van der Waals surface area contributed by atoms with Crippen LogP contribution in [0.25, 0.3) is 0 Å². The van der Waals surface area contributed by atoms with Crippen LogP contribution in [0, 0.1) is 13.8 Å². The minimum absolute atomic E-state index is 0.525. The third-order valence-corrected chi connectivity index (χ3v) is 5.17. The summed E-state index contributed by atoms with van der Waals surface area (Å²) in [7, 11) is 0. The fraction of sp³-hybridized carbons (Fsp3) is 0.524. The summed E-state index contributed by atoms with van der Waals surface area (Å²) in [5.74, 6) is 2.32. The van der Waals surface area contributed by atoms with Crippen LogP contribution in [0.15, 0.2) is 24.3 Å². The fourth-order valence-corrected chi connectivity index (χ4v) is 3.81. The Morgan fingerprint density at radius 2 is 1.56 bits per heavy atom. The van der Waals surface area contributed by atoms with E-state index in [1.54, 1.807) is 0 Å². The molecule has 0 radical (unpaired) electrons. The molecule has 2 aliphatic carbocycles. The molecule has 25 heavy (non-hydrogen) atoms. The van der Waals surface area contributed by atoms with Gasteiger partial charge in [-0.1, -0.05) is 25.3 Å². The first-order chi connectivity index (χ1) is 12.2. The average molecular weight is 336 g/mol. The second-order valence-electron chi connectivity index (χ2n) is 7.76. The zero-order chi connectivity index (χ0) is 17.2. The van der Waals surface area contributed by atoms with Crippen LogP contribution < -0.4 is 10.6 Å². The predicted octanol–water partition coefficient (Wildman–Crippen LogP) is 5.46. The molecular formula is C21H28N4. The SMILES string of the molecule is Cc1cc(C)cc(Nc2cc(C3CC3)nc(NC3CCCCC3)n2)c1. The largest absolute Gasteiger partial charge is 0.351 e. The number of nitrogens with zero attached hydrogens (tertiary/aromatic N) is 2. The second-order valence-corrected chi connectivity index (χ2v) is 7.76. The van der Waals surface area contributed by atoms with E-state index < -0.39 is 0 Å². The zero-order valence-corrected chi connectivity index (χ0v) is 15.3. The summed E-state index contributed by atoms with van der Waals surface area (Å²) in [6.45, 7) is 4.26. The maximum Gasteiger partial charge on any atom is 0.225 e. The maximum atomic E-state index is 4.80. The van der Waals surface area contributed by atoms with Gasteiger partial charge in [-0.05, 0) is 62.8 Å². The highest BCUT2D eigenvalue weighted by atomic mass is 15.2. The van der Waals surface area contributed by atoms with Crippen molar-refractivity contribution in [2.45, 2.75) is 70.8 Å². The Kier molecular flexibility index (Phi) is 4.60. The number of aryl methyl sites for hydroxylation is 2. The maximum absolute atomic E-state index is 4.80. The number of hydrogen-bond acceptors (Lipinski definition) is 4. The molecule has 0 spiro atoms. The molecule has 4 heteroatoms. The monoisotopic (exact) mass is 336 g/mol.